The minimum Gasteiger partial charge on any atom is -0.323 e. The Morgan fingerprint density at radius 2 is 1.22 bits per heavy atom. The molecule has 1 aliphatic carbocycles. The van der Waals surface area contributed by atoms with Gasteiger partial charge in [-0.3, -0.25) is 0 Å². The van der Waals surface area contributed by atoms with Gasteiger partial charge in [-0.15, -0.1) is 0 Å². The molecule has 6 aromatic carbocycles. The molecular formula is C45H29N6+. The molecule has 51 heavy (non-hydrogen) atoms. The van der Waals surface area contributed by atoms with Crippen LogP contribution in [-0.4, -0.2) is 31.3 Å². The number of fused-ring (bicyclic) bond motifs is 9. The Labute approximate surface area is 294 Å². The van der Waals surface area contributed by atoms with Gasteiger partial charge in [0.1, 0.15) is 17.4 Å². The van der Waals surface area contributed by atoms with Crippen LogP contribution in [0.15, 0.2) is 170 Å². The molecule has 0 saturated heterocycles. The van der Waals surface area contributed by atoms with E-state index in [1.165, 1.54) is 38.6 Å². The summed E-state index contributed by atoms with van der Waals surface area (Å²) < 4.78 is 4.64. The second-order valence-electron chi connectivity index (χ2n) is 13.1. The van der Waals surface area contributed by atoms with Gasteiger partial charge < -0.3 is 9.47 Å². The van der Waals surface area contributed by atoms with E-state index in [9.17, 15) is 0 Å². The van der Waals surface area contributed by atoms with E-state index < -0.39 is 0 Å². The van der Waals surface area contributed by atoms with Crippen LogP contribution < -0.4 is 9.48 Å². The van der Waals surface area contributed by atoms with Gasteiger partial charge in [0, 0.05) is 33.2 Å². The van der Waals surface area contributed by atoms with Crippen molar-refractivity contribution in [1.29, 1.82) is 0 Å². The molecule has 6 nitrogen and oxygen atoms in total. The third kappa shape index (κ3) is 4.04. The number of hydrogen-bond donors (Lipinski definition) is 0. The highest BCUT2D eigenvalue weighted by Gasteiger charge is 2.47. The van der Waals surface area contributed by atoms with E-state index in [-0.39, 0.29) is 6.04 Å². The van der Waals surface area contributed by atoms with Crippen LogP contribution >= 0.6 is 0 Å². The molecule has 0 radical (unpaired) electrons. The molecule has 3 aliphatic rings. The van der Waals surface area contributed by atoms with Crippen molar-refractivity contribution in [2.24, 2.45) is 0 Å². The zero-order valence-electron chi connectivity index (χ0n) is 27.4. The van der Waals surface area contributed by atoms with Gasteiger partial charge in [-0.1, -0.05) is 103 Å². The van der Waals surface area contributed by atoms with Gasteiger partial charge in [0.15, 0.2) is 0 Å². The lowest BCUT2D eigenvalue weighted by Gasteiger charge is -2.35. The van der Waals surface area contributed by atoms with Crippen LogP contribution in [0.3, 0.4) is 0 Å². The van der Waals surface area contributed by atoms with Crippen molar-refractivity contribution in [3.63, 3.8) is 0 Å². The number of allylic oxidation sites excluding steroid dienone is 2. The zero-order valence-corrected chi connectivity index (χ0v) is 27.4. The third-order valence-electron chi connectivity index (χ3n) is 10.3. The Bertz CT molecular complexity index is 2740. The van der Waals surface area contributed by atoms with Gasteiger partial charge >= 0.3 is 5.95 Å². The number of para-hydroxylation sites is 4. The Morgan fingerprint density at radius 3 is 1.96 bits per heavy atom. The first-order valence-corrected chi connectivity index (χ1v) is 17.3. The van der Waals surface area contributed by atoms with Crippen LogP contribution in [0.1, 0.15) is 5.56 Å². The molecule has 2 aromatic heterocycles. The van der Waals surface area contributed by atoms with Crippen molar-refractivity contribution in [2.45, 2.75) is 6.04 Å². The van der Waals surface area contributed by atoms with Crippen molar-refractivity contribution >= 4 is 56.1 Å². The third-order valence-corrected chi connectivity index (χ3v) is 10.3. The first-order chi connectivity index (χ1) is 25.3. The van der Waals surface area contributed by atoms with Crippen molar-refractivity contribution < 1.29 is 0 Å². The topological polar surface area (TPSA) is 49.9 Å². The van der Waals surface area contributed by atoms with E-state index in [0.29, 0.717) is 17.6 Å². The lowest BCUT2D eigenvalue weighted by Crippen LogP contribution is -2.43. The molecule has 0 saturated carbocycles. The lowest BCUT2D eigenvalue weighted by atomic mass is 9.92. The first kappa shape index (κ1) is 28.0. The van der Waals surface area contributed by atoms with Gasteiger partial charge in [-0.05, 0) is 82.3 Å². The average Bonchev–Trinajstić information content (AvgIpc) is 3.73. The summed E-state index contributed by atoms with van der Waals surface area (Å²) in [5, 5.41) is 2.49. The maximum atomic E-state index is 5.20. The van der Waals surface area contributed by atoms with Crippen LogP contribution in [0, 0.1) is 0 Å². The largest absolute Gasteiger partial charge is 0.442 e. The van der Waals surface area contributed by atoms with Crippen LogP contribution in [0.4, 0.5) is 23.0 Å². The summed E-state index contributed by atoms with van der Waals surface area (Å²) in [6.07, 6.45) is 6.67. The molecule has 6 heteroatoms. The molecule has 0 bridgehead atoms. The normalized spacial score (nSPS) is 15.6. The summed E-state index contributed by atoms with van der Waals surface area (Å²) in [6, 6.07) is 53.0. The standard InChI is InChI=1S/C45H29N6/c1-4-15-29(16-5-1)43-46-44(30-17-6-2-7-18-30)48-45(47-43)50-36-24-12-13-25-37(36)51-41-32(22-14-26-39(41)50)33-27-28-38-40(42(33)51)34-21-10-11-23-35(34)49(38)31-19-8-3-9-20-31/h1-28,41H/q+1. The number of benzene rings is 6. The molecular weight excluding hydrogens is 625 g/mol. The summed E-state index contributed by atoms with van der Waals surface area (Å²) in [4.78, 5) is 17.9. The maximum absolute atomic E-state index is 5.20. The first-order valence-electron chi connectivity index (χ1n) is 17.3. The van der Waals surface area contributed by atoms with Gasteiger partial charge in [-0.25, -0.2) is 0 Å². The number of anilines is 2. The zero-order chi connectivity index (χ0) is 33.5. The number of nitrogens with zero attached hydrogens (tertiary/aromatic N) is 6. The highest BCUT2D eigenvalue weighted by atomic mass is 15.3. The fourth-order valence-electron chi connectivity index (χ4n) is 8.18. The summed E-state index contributed by atoms with van der Waals surface area (Å²) >= 11 is 0. The molecule has 0 fully saturated rings. The number of rotatable bonds is 4. The van der Waals surface area contributed by atoms with Crippen molar-refractivity contribution in [2.75, 3.05) is 4.90 Å². The van der Waals surface area contributed by atoms with Gasteiger partial charge in [0.05, 0.1) is 22.4 Å². The van der Waals surface area contributed by atoms with Gasteiger partial charge in [0.25, 0.3) is 0 Å². The Hall–Kier alpha value is -6.92. The van der Waals surface area contributed by atoms with E-state index in [1.807, 2.05) is 36.4 Å². The number of aromatic nitrogens is 4. The van der Waals surface area contributed by atoms with Gasteiger partial charge in [0.2, 0.25) is 11.6 Å². The fourth-order valence-corrected chi connectivity index (χ4v) is 8.18. The predicted octanol–water partition coefficient (Wildman–Crippen LogP) is 10.1. The Balaban J connectivity index is 1.20. The smallest absolute Gasteiger partial charge is 0.323 e. The summed E-state index contributed by atoms with van der Waals surface area (Å²) in [6.45, 7) is 0. The molecule has 11 rings (SSSR count). The second kappa shape index (κ2) is 10.8. The maximum Gasteiger partial charge on any atom is 0.442 e. The van der Waals surface area contributed by atoms with Crippen LogP contribution in [-0.2, 0) is 0 Å². The quantitative estimate of drug-likeness (QED) is 0.178. The van der Waals surface area contributed by atoms with Crippen molar-refractivity contribution in [3.05, 3.63) is 175 Å². The number of hydrogen-bond acceptors (Lipinski definition) is 4. The molecule has 1 unspecified atom stereocenters. The highest BCUT2D eigenvalue weighted by molar-refractivity contribution is 6.27. The summed E-state index contributed by atoms with van der Waals surface area (Å²) in [5.74, 6) is 1.87. The molecule has 1 atom stereocenters. The summed E-state index contributed by atoms with van der Waals surface area (Å²) in [7, 11) is 0. The van der Waals surface area contributed by atoms with Crippen molar-refractivity contribution in [3.8, 4) is 28.5 Å². The van der Waals surface area contributed by atoms with Crippen LogP contribution in [0.25, 0.3) is 55.8 Å². The Kier molecular flexibility index (Phi) is 5.92. The van der Waals surface area contributed by atoms with E-state index in [2.05, 4.69) is 148 Å². The second-order valence-corrected chi connectivity index (χ2v) is 13.1. The molecule has 238 valence electrons. The molecule has 2 aliphatic heterocycles. The minimum atomic E-state index is -0.0681. The fraction of sp³-hybridized carbons (Fsp3) is 0.0222. The van der Waals surface area contributed by atoms with Crippen molar-refractivity contribution in [1.82, 2.24) is 24.1 Å². The highest BCUT2D eigenvalue weighted by Crippen LogP contribution is 2.55. The SMILES string of the molecule is C1=CC2=[N+](c3nc(-c4ccccc4)nc(-c4ccccc4)n3)c3ccccc3N3c4c(ccc5c4c4ccccc4n5-c4ccccc4)C(=C1)C23. The molecule has 8 aromatic rings. The summed E-state index contributed by atoms with van der Waals surface area (Å²) in [5.41, 5.74) is 12.4. The molecule has 0 spiro atoms. The molecule has 0 N–H and O–H groups in total. The minimum absolute atomic E-state index is 0.0681. The van der Waals surface area contributed by atoms with Gasteiger partial charge in [-0.2, -0.15) is 9.56 Å². The predicted molar refractivity (Wildman–Crippen MR) is 207 cm³/mol. The average molecular weight is 654 g/mol. The monoisotopic (exact) mass is 653 g/mol. The van der Waals surface area contributed by atoms with E-state index in [4.69, 9.17) is 15.0 Å². The lowest BCUT2D eigenvalue weighted by molar-refractivity contribution is 0.872. The Morgan fingerprint density at radius 1 is 0.569 bits per heavy atom. The molecule has 4 heterocycles. The van der Waals surface area contributed by atoms with E-state index in [0.717, 1.165) is 33.9 Å². The van der Waals surface area contributed by atoms with Crippen LogP contribution in [0.2, 0.25) is 0 Å². The van der Waals surface area contributed by atoms with Crippen LogP contribution in [0.5, 0.6) is 0 Å². The molecule has 0 amide bonds. The van der Waals surface area contributed by atoms with E-state index in [1.54, 1.807) is 0 Å². The van der Waals surface area contributed by atoms with E-state index >= 15 is 0 Å².